The number of carbonyl (C=O) groups is 2. The maximum absolute atomic E-state index is 15.0. The molecule has 2 N–H and O–H groups in total. The van der Waals surface area contributed by atoms with E-state index in [0.29, 0.717) is 35.6 Å². The van der Waals surface area contributed by atoms with E-state index in [-0.39, 0.29) is 59.9 Å². The van der Waals surface area contributed by atoms with Crippen molar-refractivity contribution in [2.75, 3.05) is 58.3 Å². The van der Waals surface area contributed by atoms with Gasteiger partial charge in [-0.25, -0.2) is 0 Å². The fraction of sp³-hybridized carbons (Fsp3) is 0.333. The molecule has 1 fully saturated rings. The number of phenols is 2. The average Bonchev–Trinajstić information content (AvgIpc) is 3.55. The van der Waals surface area contributed by atoms with Gasteiger partial charge in [-0.05, 0) is 67.4 Å². The molecule has 2 amide bonds. The fourth-order valence-corrected chi connectivity index (χ4v) is 7.55. The lowest BCUT2D eigenvalue weighted by Crippen LogP contribution is -2.53. The number of rotatable bonds is 10. The van der Waals surface area contributed by atoms with E-state index in [1.54, 1.807) is 41.4 Å². The molecule has 0 unspecified atom stereocenters. The monoisotopic (exact) mass is 773 g/mol. The molecule has 2 aliphatic heterocycles. The molecule has 0 bridgehead atoms. The number of hydrogen-bond donors (Lipinski definition) is 2. The molecule has 1 saturated heterocycles. The number of piperazine rings is 1. The SMILES string of the molecule is CCCCN(C(=O)c1cn(-c2cc(OC)c(O)cc2C(=O)N2Cc3ccccc3C[C@H]2CN2CCN(C)CC2)c2ccccc12)c1ccc(O)cc1.Cl.Cl. The number of aromatic nitrogens is 1. The minimum absolute atomic E-state index is 0. The van der Waals surface area contributed by atoms with Crippen molar-refractivity contribution in [1.29, 1.82) is 0 Å². The number of halogens is 2. The van der Waals surface area contributed by atoms with Gasteiger partial charge in [0.25, 0.3) is 11.8 Å². The maximum Gasteiger partial charge on any atom is 0.260 e. The summed E-state index contributed by atoms with van der Waals surface area (Å²) in [6, 6.07) is 25.8. The van der Waals surface area contributed by atoms with Crippen molar-refractivity contribution in [3.8, 4) is 22.9 Å². The molecule has 1 atom stereocenters. The Balaban J connectivity index is 0.00000280. The van der Waals surface area contributed by atoms with Crippen LogP contribution in [0.25, 0.3) is 16.6 Å². The van der Waals surface area contributed by atoms with Crippen molar-refractivity contribution < 1.29 is 24.5 Å². The first-order valence-electron chi connectivity index (χ1n) is 18.2. The molecule has 286 valence electrons. The molecule has 0 radical (unpaired) electrons. The van der Waals surface area contributed by atoms with Crippen molar-refractivity contribution in [2.45, 2.75) is 38.8 Å². The molecule has 5 aromatic rings. The number of methoxy groups -OCH3 is 1. The van der Waals surface area contributed by atoms with E-state index < -0.39 is 0 Å². The average molecular weight is 775 g/mol. The van der Waals surface area contributed by atoms with Crippen LogP contribution in [0, 0.1) is 0 Å². The highest BCUT2D eigenvalue weighted by atomic mass is 35.5. The summed E-state index contributed by atoms with van der Waals surface area (Å²) < 4.78 is 7.46. The van der Waals surface area contributed by atoms with Crippen LogP contribution in [0.4, 0.5) is 5.69 Å². The summed E-state index contributed by atoms with van der Waals surface area (Å²) in [6.45, 7) is 7.64. The Hall–Kier alpha value is -4.74. The number of ether oxygens (including phenoxy) is 1. The minimum Gasteiger partial charge on any atom is -0.508 e. The number of hydrogen-bond acceptors (Lipinski definition) is 7. The number of benzene rings is 4. The molecule has 4 aromatic carbocycles. The fourth-order valence-electron chi connectivity index (χ4n) is 7.55. The molecule has 7 rings (SSSR count). The molecule has 54 heavy (non-hydrogen) atoms. The smallest absolute Gasteiger partial charge is 0.260 e. The van der Waals surface area contributed by atoms with Crippen LogP contribution >= 0.6 is 24.8 Å². The first kappa shape index (κ1) is 40.4. The summed E-state index contributed by atoms with van der Waals surface area (Å²) in [5, 5.41) is 21.8. The second kappa shape index (κ2) is 17.6. The summed E-state index contributed by atoms with van der Waals surface area (Å²) >= 11 is 0. The first-order chi connectivity index (χ1) is 25.2. The molecule has 0 saturated carbocycles. The molecular weight excluding hydrogens is 725 g/mol. The Morgan fingerprint density at radius 1 is 0.870 bits per heavy atom. The molecule has 0 spiro atoms. The highest BCUT2D eigenvalue weighted by molar-refractivity contribution is 6.14. The number of aromatic hydroxyl groups is 2. The van der Waals surface area contributed by atoms with Crippen LogP contribution in [-0.4, -0.2) is 101 Å². The van der Waals surface area contributed by atoms with Gasteiger partial charge in [-0.15, -0.1) is 24.8 Å². The highest BCUT2D eigenvalue weighted by Crippen LogP contribution is 2.37. The van der Waals surface area contributed by atoms with Crippen LogP contribution < -0.4 is 9.64 Å². The van der Waals surface area contributed by atoms with Gasteiger partial charge in [-0.2, -0.15) is 0 Å². The summed E-state index contributed by atoms with van der Waals surface area (Å²) in [4.78, 5) is 38.0. The first-order valence-corrected chi connectivity index (χ1v) is 18.2. The number of fused-ring (bicyclic) bond motifs is 2. The van der Waals surface area contributed by atoms with Crippen molar-refractivity contribution >= 4 is 53.2 Å². The highest BCUT2D eigenvalue weighted by Gasteiger charge is 2.34. The van der Waals surface area contributed by atoms with Crippen molar-refractivity contribution in [3.05, 3.63) is 113 Å². The van der Waals surface area contributed by atoms with Crippen LogP contribution in [0.15, 0.2) is 91.1 Å². The van der Waals surface area contributed by atoms with Gasteiger partial charge in [0.2, 0.25) is 0 Å². The van der Waals surface area contributed by atoms with Gasteiger partial charge in [-0.3, -0.25) is 14.5 Å². The van der Waals surface area contributed by atoms with E-state index in [4.69, 9.17) is 4.74 Å². The predicted molar refractivity (Wildman–Crippen MR) is 218 cm³/mol. The number of amides is 2. The second-order valence-electron chi connectivity index (χ2n) is 14.0. The third kappa shape index (κ3) is 8.17. The lowest BCUT2D eigenvalue weighted by atomic mass is 9.92. The maximum atomic E-state index is 15.0. The number of carbonyl (C=O) groups excluding carboxylic acids is 2. The summed E-state index contributed by atoms with van der Waals surface area (Å²) in [7, 11) is 3.63. The Morgan fingerprint density at radius 3 is 2.26 bits per heavy atom. The number of likely N-dealkylation sites (N-methyl/N-ethyl adjacent to an activating group) is 1. The van der Waals surface area contributed by atoms with E-state index in [0.717, 1.165) is 68.5 Å². The van der Waals surface area contributed by atoms with Gasteiger partial charge < -0.3 is 34.2 Å². The Kier molecular flexibility index (Phi) is 13.2. The van der Waals surface area contributed by atoms with Gasteiger partial charge in [-0.1, -0.05) is 55.8 Å². The molecule has 2 aliphatic rings. The number of unbranched alkanes of at least 4 members (excludes halogenated alkanes) is 1. The molecule has 3 heterocycles. The molecule has 0 aliphatic carbocycles. The van der Waals surface area contributed by atoms with Crippen LogP contribution in [0.2, 0.25) is 0 Å². The predicted octanol–water partition coefficient (Wildman–Crippen LogP) is 7.16. The zero-order chi connectivity index (χ0) is 36.4. The zero-order valence-corrected chi connectivity index (χ0v) is 32.6. The van der Waals surface area contributed by atoms with Gasteiger partial charge >= 0.3 is 0 Å². The topological polar surface area (TPSA) is 102 Å². The van der Waals surface area contributed by atoms with Gasteiger partial charge in [0.1, 0.15) is 5.75 Å². The van der Waals surface area contributed by atoms with E-state index in [1.165, 1.54) is 18.7 Å². The zero-order valence-electron chi connectivity index (χ0n) is 31.0. The van der Waals surface area contributed by atoms with E-state index in [1.807, 2.05) is 39.8 Å². The quantitative estimate of drug-likeness (QED) is 0.156. The van der Waals surface area contributed by atoms with Gasteiger partial charge in [0.05, 0.1) is 29.4 Å². The minimum atomic E-state index is -0.194. The number of para-hydroxylation sites is 1. The van der Waals surface area contributed by atoms with Crippen molar-refractivity contribution in [1.82, 2.24) is 19.3 Å². The molecule has 1 aromatic heterocycles. The number of nitrogens with zero attached hydrogens (tertiary/aromatic N) is 5. The third-order valence-corrected chi connectivity index (χ3v) is 10.6. The Bertz CT molecular complexity index is 2080. The van der Waals surface area contributed by atoms with Crippen LogP contribution in [-0.2, 0) is 13.0 Å². The molecular formula is C42H49Cl2N5O5. The Labute approximate surface area is 329 Å². The lowest BCUT2D eigenvalue weighted by molar-refractivity contribution is 0.0535. The Morgan fingerprint density at radius 2 is 1.56 bits per heavy atom. The van der Waals surface area contributed by atoms with Crippen molar-refractivity contribution in [3.63, 3.8) is 0 Å². The lowest BCUT2D eigenvalue weighted by Gasteiger charge is -2.41. The largest absolute Gasteiger partial charge is 0.508 e. The summed E-state index contributed by atoms with van der Waals surface area (Å²) in [5.74, 6) is -0.157. The van der Waals surface area contributed by atoms with Gasteiger partial charge in [0, 0.05) is 75.2 Å². The second-order valence-corrected chi connectivity index (χ2v) is 14.0. The van der Waals surface area contributed by atoms with E-state index in [2.05, 4.69) is 42.0 Å². The van der Waals surface area contributed by atoms with E-state index in [9.17, 15) is 15.0 Å². The van der Waals surface area contributed by atoms with Crippen molar-refractivity contribution in [2.24, 2.45) is 0 Å². The normalized spacial score (nSPS) is 15.9. The van der Waals surface area contributed by atoms with Gasteiger partial charge in [0.15, 0.2) is 11.5 Å². The summed E-state index contributed by atoms with van der Waals surface area (Å²) in [6.07, 6.45) is 4.23. The van der Waals surface area contributed by atoms with Crippen LogP contribution in [0.3, 0.4) is 0 Å². The summed E-state index contributed by atoms with van der Waals surface area (Å²) in [5.41, 5.74) is 5.11. The van der Waals surface area contributed by atoms with Crippen LogP contribution in [0.1, 0.15) is 51.6 Å². The molecule has 12 heteroatoms. The standard InChI is InChI=1S/C42H47N5O5.2ClH/c1-4-5-18-45(31-14-16-33(48)17-15-31)42(51)36-28-47(37-13-9-8-12-34(36)37)38-25-40(52-3)39(49)24-35(38)41(50)46-26-30-11-7-6-10-29(30)23-32(46)27-44-21-19-43(2)20-22-44;;/h6-17,24-25,28,32,48-49H,4-5,18-23,26-27H2,1-3H3;2*1H/t32-;;/m0../s1. The van der Waals surface area contributed by atoms with E-state index >= 15 is 4.79 Å². The molecule has 10 nitrogen and oxygen atoms in total. The number of phenolic OH excluding ortho intramolecular Hbond substituents is 2. The van der Waals surface area contributed by atoms with Crippen LogP contribution in [0.5, 0.6) is 17.2 Å². The third-order valence-electron chi connectivity index (χ3n) is 10.6. The number of anilines is 1.